The van der Waals surface area contributed by atoms with Gasteiger partial charge >= 0.3 is 0 Å². The van der Waals surface area contributed by atoms with Gasteiger partial charge in [-0.05, 0) is 61.1 Å². The van der Waals surface area contributed by atoms with Gasteiger partial charge in [-0.2, -0.15) is 0 Å². The predicted octanol–water partition coefficient (Wildman–Crippen LogP) is 4.97. The molecular formula is C25H31F2N3O2. The topological polar surface area (TPSA) is 52.7 Å². The van der Waals surface area contributed by atoms with Crippen molar-refractivity contribution < 1.29 is 18.4 Å². The fraction of sp³-hybridized carbons (Fsp3) is 0.440. The number of nitrogens with one attached hydrogen (secondary N) is 1. The van der Waals surface area contributed by atoms with E-state index in [2.05, 4.69) is 19.2 Å². The second-order valence-electron chi connectivity index (χ2n) is 8.78. The summed E-state index contributed by atoms with van der Waals surface area (Å²) in [5.41, 5.74) is 1.66. The second-order valence-corrected chi connectivity index (χ2v) is 8.78. The van der Waals surface area contributed by atoms with Gasteiger partial charge in [-0.15, -0.1) is 0 Å². The van der Waals surface area contributed by atoms with Crippen molar-refractivity contribution in [3.63, 3.8) is 0 Å². The summed E-state index contributed by atoms with van der Waals surface area (Å²) in [4.78, 5) is 28.1. The summed E-state index contributed by atoms with van der Waals surface area (Å²) >= 11 is 0. The number of nitrogens with zero attached hydrogens (tertiary/aromatic N) is 2. The van der Waals surface area contributed by atoms with E-state index in [0.29, 0.717) is 37.4 Å². The summed E-state index contributed by atoms with van der Waals surface area (Å²) < 4.78 is 28.3. The Morgan fingerprint density at radius 1 is 1.12 bits per heavy atom. The van der Waals surface area contributed by atoms with Crippen LogP contribution in [0.4, 0.5) is 20.2 Å². The summed E-state index contributed by atoms with van der Waals surface area (Å²) in [7, 11) is 0. The summed E-state index contributed by atoms with van der Waals surface area (Å²) in [6.45, 7) is 7.19. The fourth-order valence-corrected chi connectivity index (χ4v) is 4.15. The Kier molecular flexibility index (Phi) is 7.83. The van der Waals surface area contributed by atoms with Crippen LogP contribution in [0.25, 0.3) is 0 Å². The first-order chi connectivity index (χ1) is 15.2. The highest BCUT2D eigenvalue weighted by Gasteiger charge is 2.30. The van der Waals surface area contributed by atoms with Gasteiger partial charge in [0.05, 0.1) is 5.69 Å². The average molecular weight is 444 g/mol. The van der Waals surface area contributed by atoms with E-state index in [9.17, 15) is 14.0 Å². The van der Waals surface area contributed by atoms with Crippen molar-refractivity contribution >= 4 is 23.2 Å². The van der Waals surface area contributed by atoms with Gasteiger partial charge < -0.3 is 15.1 Å². The van der Waals surface area contributed by atoms with Crippen molar-refractivity contribution in [3.05, 3.63) is 59.7 Å². The number of benzene rings is 2. The van der Waals surface area contributed by atoms with Crippen LogP contribution >= 0.6 is 0 Å². The molecule has 0 aromatic heterocycles. The quantitative estimate of drug-likeness (QED) is 0.658. The number of carbonyl (C=O) groups excluding carboxylic acids is 2. The maximum atomic E-state index is 15.1. The molecule has 0 saturated carbocycles. The van der Waals surface area contributed by atoms with Gasteiger partial charge in [0.15, 0.2) is 0 Å². The highest BCUT2D eigenvalue weighted by Crippen LogP contribution is 2.26. The Labute approximate surface area is 188 Å². The highest BCUT2D eigenvalue weighted by atomic mass is 19.1. The third-order valence-corrected chi connectivity index (χ3v) is 5.64. The van der Waals surface area contributed by atoms with Crippen molar-refractivity contribution in [2.24, 2.45) is 5.92 Å². The van der Waals surface area contributed by atoms with E-state index in [0.717, 1.165) is 18.4 Å². The molecule has 1 saturated heterocycles. The molecule has 2 amide bonds. The number of rotatable bonds is 7. The fourth-order valence-electron chi connectivity index (χ4n) is 4.15. The van der Waals surface area contributed by atoms with Crippen LogP contribution in [0.15, 0.2) is 42.5 Å². The van der Waals surface area contributed by atoms with Crippen LogP contribution in [0, 0.1) is 17.6 Å². The van der Waals surface area contributed by atoms with E-state index in [4.69, 9.17) is 0 Å². The number of hydrogen-bond acceptors (Lipinski definition) is 3. The molecule has 32 heavy (non-hydrogen) atoms. The number of anilines is 2. The second kappa shape index (κ2) is 10.6. The molecule has 1 aliphatic heterocycles. The molecule has 1 atom stereocenters. The van der Waals surface area contributed by atoms with Crippen molar-refractivity contribution in [2.75, 3.05) is 23.3 Å². The molecule has 1 heterocycles. The Balaban J connectivity index is 1.76. The lowest BCUT2D eigenvalue weighted by molar-refractivity contribution is -0.138. The third-order valence-electron chi connectivity index (χ3n) is 5.64. The first-order valence-corrected chi connectivity index (χ1v) is 11.1. The van der Waals surface area contributed by atoms with Crippen LogP contribution in [-0.2, 0) is 16.1 Å². The number of hydrogen-bond donors (Lipinski definition) is 1. The summed E-state index contributed by atoms with van der Waals surface area (Å²) in [6, 6.07) is 10.3. The van der Waals surface area contributed by atoms with Crippen LogP contribution in [-0.4, -0.2) is 35.8 Å². The molecule has 0 unspecified atom stereocenters. The largest absolute Gasteiger partial charge is 0.365 e. The predicted molar refractivity (Wildman–Crippen MR) is 122 cm³/mol. The zero-order chi connectivity index (χ0) is 23.3. The Hall–Kier alpha value is -2.96. The molecule has 2 aromatic rings. The monoisotopic (exact) mass is 443 g/mol. The van der Waals surface area contributed by atoms with Gasteiger partial charge in [0.25, 0.3) is 0 Å². The van der Waals surface area contributed by atoms with Gasteiger partial charge in [0.2, 0.25) is 11.8 Å². The zero-order valence-corrected chi connectivity index (χ0v) is 18.9. The molecule has 5 nitrogen and oxygen atoms in total. The Morgan fingerprint density at radius 2 is 1.84 bits per heavy atom. The molecule has 0 spiro atoms. The maximum absolute atomic E-state index is 15.1. The van der Waals surface area contributed by atoms with E-state index in [1.807, 2.05) is 4.90 Å². The van der Waals surface area contributed by atoms with Crippen molar-refractivity contribution in [2.45, 2.75) is 52.6 Å². The maximum Gasteiger partial charge on any atom is 0.247 e. The Morgan fingerprint density at radius 3 is 2.47 bits per heavy atom. The van der Waals surface area contributed by atoms with Crippen LogP contribution in [0.2, 0.25) is 0 Å². The Bertz CT molecular complexity index is 947. The van der Waals surface area contributed by atoms with Gasteiger partial charge in [-0.3, -0.25) is 9.59 Å². The van der Waals surface area contributed by atoms with Crippen molar-refractivity contribution in [1.29, 1.82) is 0 Å². The zero-order valence-electron chi connectivity index (χ0n) is 18.9. The molecule has 7 heteroatoms. The van der Waals surface area contributed by atoms with E-state index >= 15 is 4.39 Å². The molecule has 1 N–H and O–H groups in total. The number of likely N-dealkylation sites (tertiary alicyclic amines) is 1. The minimum atomic E-state index is -0.528. The molecule has 3 rings (SSSR count). The standard InChI is InChI=1S/C25H31F2N3O2/c1-17(2)15-29(16-19-7-9-20(26)10-8-19)23-12-11-21(14-22(23)27)28-25(32)24-6-4-5-13-30(24)18(3)31/h7-12,14,17,24H,4-6,13,15-16H2,1-3H3,(H,28,32)/t24-/m1/s1. The number of amides is 2. The normalized spacial score (nSPS) is 16.2. The first-order valence-electron chi connectivity index (χ1n) is 11.1. The van der Waals surface area contributed by atoms with Gasteiger partial charge in [-0.1, -0.05) is 26.0 Å². The third kappa shape index (κ3) is 6.05. The van der Waals surface area contributed by atoms with Crippen LogP contribution < -0.4 is 10.2 Å². The summed E-state index contributed by atoms with van der Waals surface area (Å²) in [6.07, 6.45) is 2.36. The molecule has 0 aliphatic carbocycles. The lowest BCUT2D eigenvalue weighted by Gasteiger charge is -2.34. The lowest BCUT2D eigenvalue weighted by Crippen LogP contribution is -2.49. The van der Waals surface area contributed by atoms with Gasteiger partial charge in [-0.25, -0.2) is 8.78 Å². The highest BCUT2D eigenvalue weighted by molar-refractivity contribution is 5.97. The van der Waals surface area contributed by atoms with E-state index < -0.39 is 11.9 Å². The molecule has 172 valence electrons. The first kappa shape index (κ1) is 23.7. The van der Waals surface area contributed by atoms with Crippen LogP contribution in [0.5, 0.6) is 0 Å². The van der Waals surface area contributed by atoms with Crippen molar-refractivity contribution in [1.82, 2.24) is 4.90 Å². The van der Waals surface area contributed by atoms with E-state index in [1.165, 1.54) is 25.1 Å². The number of carbonyl (C=O) groups is 2. The number of halogens is 2. The smallest absolute Gasteiger partial charge is 0.247 e. The lowest BCUT2D eigenvalue weighted by atomic mass is 10.0. The molecule has 1 fully saturated rings. The van der Waals surface area contributed by atoms with Crippen LogP contribution in [0.3, 0.4) is 0 Å². The SMILES string of the molecule is CC(=O)N1CCCC[C@@H]1C(=O)Nc1ccc(N(Cc2ccc(F)cc2)CC(C)C)c(F)c1. The summed E-state index contributed by atoms with van der Waals surface area (Å²) in [5.74, 6) is -0.888. The molecular weight excluding hydrogens is 412 g/mol. The van der Waals surface area contributed by atoms with Gasteiger partial charge in [0, 0.05) is 32.2 Å². The molecule has 2 aromatic carbocycles. The van der Waals surface area contributed by atoms with E-state index in [1.54, 1.807) is 29.2 Å². The van der Waals surface area contributed by atoms with E-state index in [-0.39, 0.29) is 23.5 Å². The number of piperidine rings is 1. The molecule has 0 bridgehead atoms. The van der Waals surface area contributed by atoms with Gasteiger partial charge in [0.1, 0.15) is 17.7 Å². The molecule has 1 aliphatic rings. The average Bonchev–Trinajstić information content (AvgIpc) is 2.74. The molecule has 0 radical (unpaired) electrons. The minimum absolute atomic E-state index is 0.128. The minimum Gasteiger partial charge on any atom is -0.365 e. The van der Waals surface area contributed by atoms with Crippen molar-refractivity contribution in [3.8, 4) is 0 Å². The summed E-state index contributed by atoms with van der Waals surface area (Å²) in [5, 5.41) is 2.77. The van der Waals surface area contributed by atoms with Crippen LogP contribution in [0.1, 0.15) is 45.6 Å².